The number of nitrogens with one attached hydrogen (secondary N) is 2. The van der Waals surface area contributed by atoms with Gasteiger partial charge in [-0.25, -0.2) is 8.42 Å². The number of piperidine rings is 1. The third kappa shape index (κ3) is 5.14. The van der Waals surface area contributed by atoms with Crippen LogP contribution in [0.3, 0.4) is 0 Å². The molecule has 2 heterocycles. The summed E-state index contributed by atoms with van der Waals surface area (Å²) in [6, 6.07) is 14.8. The number of carbonyl (C=O) groups is 1. The van der Waals surface area contributed by atoms with Crippen molar-refractivity contribution in [2.75, 3.05) is 19.6 Å². The van der Waals surface area contributed by atoms with Crippen molar-refractivity contribution in [3.63, 3.8) is 0 Å². The van der Waals surface area contributed by atoms with Crippen LogP contribution in [0.5, 0.6) is 0 Å². The molecule has 1 saturated heterocycles. The SMILES string of the molecule is CC1CCCN(Cc2ccccc2CNC(=O)CN=C2NS(=O)(=O)c3ccccc32)C1. The maximum Gasteiger partial charge on any atom is 0.263 e. The van der Waals surface area contributed by atoms with E-state index in [4.69, 9.17) is 0 Å². The van der Waals surface area contributed by atoms with E-state index in [0.29, 0.717) is 12.1 Å². The van der Waals surface area contributed by atoms with Gasteiger partial charge in [0.15, 0.2) is 0 Å². The highest BCUT2D eigenvalue weighted by Gasteiger charge is 2.30. The van der Waals surface area contributed by atoms with Gasteiger partial charge in [-0.1, -0.05) is 43.3 Å². The fourth-order valence-electron chi connectivity index (χ4n) is 4.21. The van der Waals surface area contributed by atoms with E-state index in [-0.39, 0.29) is 23.2 Å². The summed E-state index contributed by atoms with van der Waals surface area (Å²) in [5.74, 6) is 0.681. The zero-order valence-corrected chi connectivity index (χ0v) is 18.5. The molecule has 0 bridgehead atoms. The Morgan fingerprint density at radius 3 is 2.71 bits per heavy atom. The van der Waals surface area contributed by atoms with Gasteiger partial charge in [0, 0.05) is 25.2 Å². The molecule has 2 aromatic rings. The molecule has 0 aliphatic carbocycles. The molecular weight excluding hydrogens is 412 g/mol. The smallest absolute Gasteiger partial charge is 0.263 e. The number of fused-ring (bicyclic) bond motifs is 1. The van der Waals surface area contributed by atoms with Crippen LogP contribution in [0.2, 0.25) is 0 Å². The number of hydrogen-bond acceptors (Lipinski definition) is 5. The molecule has 7 nitrogen and oxygen atoms in total. The lowest BCUT2D eigenvalue weighted by atomic mass is 9.99. The van der Waals surface area contributed by atoms with Crippen molar-refractivity contribution in [1.82, 2.24) is 14.9 Å². The van der Waals surface area contributed by atoms with Crippen LogP contribution in [0.15, 0.2) is 58.4 Å². The van der Waals surface area contributed by atoms with E-state index < -0.39 is 10.0 Å². The van der Waals surface area contributed by atoms with Crippen molar-refractivity contribution >= 4 is 21.8 Å². The lowest BCUT2D eigenvalue weighted by Gasteiger charge is -2.31. The normalized spacial score (nSPS) is 21.5. The van der Waals surface area contributed by atoms with Crippen molar-refractivity contribution in [2.24, 2.45) is 10.9 Å². The first-order valence-corrected chi connectivity index (χ1v) is 12.1. The topological polar surface area (TPSA) is 90.9 Å². The largest absolute Gasteiger partial charge is 0.350 e. The predicted octanol–water partition coefficient (Wildman–Crippen LogP) is 2.27. The third-order valence-corrected chi connectivity index (χ3v) is 7.17. The van der Waals surface area contributed by atoms with Gasteiger partial charge in [0.2, 0.25) is 5.91 Å². The average molecular weight is 441 g/mol. The molecule has 0 spiro atoms. The maximum absolute atomic E-state index is 12.4. The Bertz CT molecular complexity index is 1100. The molecule has 31 heavy (non-hydrogen) atoms. The van der Waals surface area contributed by atoms with Gasteiger partial charge in [-0.05, 0) is 48.6 Å². The van der Waals surface area contributed by atoms with Gasteiger partial charge >= 0.3 is 0 Å². The van der Waals surface area contributed by atoms with Gasteiger partial charge in [-0.3, -0.25) is 19.4 Å². The number of amides is 1. The summed E-state index contributed by atoms with van der Waals surface area (Å²) in [5.41, 5.74) is 2.81. The minimum absolute atomic E-state index is 0.141. The second kappa shape index (κ2) is 9.20. The Morgan fingerprint density at radius 2 is 1.90 bits per heavy atom. The van der Waals surface area contributed by atoms with Crippen LogP contribution in [0, 0.1) is 5.92 Å². The Hall–Kier alpha value is -2.71. The summed E-state index contributed by atoms with van der Waals surface area (Å²) in [6.45, 7) is 5.68. The number of hydrogen-bond donors (Lipinski definition) is 2. The van der Waals surface area contributed by atoms with E-state index in [1.54, 1.807) is 18.2 Å². The van der Waals surface area contributed by atoms with Gasteiger partial charge in [0.25, 0.3) is 10.0 Å². The number of likely N-dealkylation sites (tertiary alicyclic amines) is 1. The number of amidine groups is 1. The molecule has 2 aromatic carbocycles. The standard InChI is InChI=1S/C23H28N4O3S/c1-17-7-6-12-27(15-17)16-19-9-3-2-8-18(19)13-24-22(28)14-25-23-20-10-4-5-11-21(20)31(29,30)26-23/h2-5,8-11,17H,6-7,12-16H2,1H3,(H,24,28)(H,25,26). The first kappa shape index (κ1) is 21.5. The van der Waals surface area contributed by atoms with Gasteiger partial charge in [-0.15, -0.1) is 0 Å². The van der Waals surface area contributed by atoms with Gasteiger partial charge in [-0.2, -0.15) is 0 Å². The van der Waals surface area contributed by atoms with E-state index in [9.17, 15) is 13.2 Å². The molecule has 164 valence electrons. The van der Waals surface area contributed by atoms with E-state index in [2.05, 4.69) is 32.9 Å². The number of aliphatic imine (C=N–C) groups is 1. The highest BCUT2D eigenvalue weighted by Crippen LogP contribution is 2.22. The molecule has 2 aliphatic heterocycles. The predicted molar refractivity (Wildman–Crippen MR) is 120 cm³/mol. The van der Waals surface area contributed by atoms with Crippen molar-refractivity contribution in [1.29, 1.82) is 0 Å². The van der Waals surface area contributed by atoms with Crippen molar-refractivity contribution in [2.45, 2.75) is 37.8 Å². The van der Waals surface area contributed by atoms with E-state index >= 15 is 0 Å². The molecule has 4 rings (SSSR count). The molecule has 0 aromatic heterocycles. The summed E-state index contributed by atoms with van der Waals surface area (Å²) in [4.78, 5) is 19.3. The van der Waals surface area contributed by atoms with Crippen molar-refractivity contribution in [3.8, 4) is 0 Å². The lowest BCUT2D eigenvalue weighted by molar-refractivity contribution is -0.119. The fraction of sp³-hybridized carbons (Fsp3) is 0.391. The minimum atomic E-state index is -3.60. The molecule has 0 saturated carbocycles. The second-order valence-corrected chi connectivity index (χ2v) is 9.95. The number of carbonyl (C=O) groups excluding carboxylic acids is 1. The van der Waals surface area contributed by atoms with Crippen LogP contribution in [0.1, 0.15) is 36.5 Å². The molecule has 1 amide bonds. The zero-order chi connectivity index (χ0) is 21.8. The number of nitrogens with zero attached hydrogens (tertiary/aromatic N) is 2. The first-order chi connectivity index (χ1) is 14.9. The number of rotatable bonds is 6. The van der Waals surface area contributed by atoms with Crippen molar-refractivity contribution in [3.05, 3.63) is 65.2 Å². The van der Waals surface area contributed by atoms with Gasteiger partial charge in [0.1, 0.15) is 12.4 Å². The van der Waals surface area contributed by atoms with Gasteiger partial charge < -0.3 is 5.32 Å². The number of benzene rings is 2. The Balaban J connectivity index is 1.36. The Labute approximate surface area is 183 Å². The average Bonchev–Trinajstić information content (AvgIpc) is 3.02. The monoisotopic (exact) mass is 440 g/mol. The molecule has 1 unspecified atom stereocenters. The second-order valence-electron chi connectivity index (χ2n) is 8.29. The quantitative estimate of drug-likeness (QED) is 0.721. The summed E-state index contributed by atoms with van der Waals surface area (Å²) in [5, 5.41) is 2.91. The Kier molecular flexibility index (Phi) is 6.38. The first-order valence-electron chi connectivity index (χ1n) is 10.6. The van der Waals surface area contributed by atoms with E-state index in [0.717, 1.165) is 31.1 Å². The van der Waals surface area contributed by atoms with Crippen LogP contribution in [0.25, 0.3) is 0 Å². The molecular formula is C23H28N4O3S. The minimum Gasteiger partial charge on any atom is -0.350 e. The third-order valence-electron chi connectivity index (χ3n) is 5.77. The summed E-state index contributed by atoms with van der Waals surface area (Å²) < 4.78 is 26.7. The van der Waals surface area contributed by atoms with Crippen LogP contribution >= 0.6 is 0 Å². The van der Waals surface area contributed by atoms with E-state index in [1.807, 2.05) is 18.2 Å². The fourth-order valence-corrected chi connectivity index (χ4v) is 5.46. The van der Waals surface area contributed by atoms with E-state index in [1.165, 1.54) is 24.5 Å². The van der Waals surface area contributed by atoms with Crippen LogP contribution in [-0.2, 0) is 27.9 Å². The van der Waals surface area contributed by atoms with Crippen LogP contribution < -0.4 is 10.0 Å². The summed E-state index contributed by atoms with van der Waals surface area (Å²) in [6.07, 6.45) is 2.52. The molecule has 2 aliphatic rings. The molecule has 1 atom stereocenters. The lowest BCUT2D eigenvalue weighted by Crippen LogP contribution is -2.34. The zero-order valence-electron chi connectivity index (χ0n) is 17.7. The Morgan fingerprint density at radius 1 is 1.16 bits per heavy atom. The van der Waals surface area contributed by atoms with Crippen LogP contribution in [0.4, 0.5) is 0 Å². The molecule has 2 N–H and O–H groups in total. The molecule has 0 radical (unpaired) electrons. The highest BCUT2D eigenvalue weighted by atomic mass is 32.2. The molecule has 8 heteroatoms. The summed E-state index contributed by atoms with van der Waals surface area (Å²) >= 11 is 0. The number of sulfonamides is 1. The van der Waals surface area contributed by atoms with Crippen LogP contribution in [-0.4, -0.2) is 44.7 Å². The maximum atomic E-state index is 12.4. The summed E-state index contributed by atoms with van der Waals surface area (Å²) in [7, 11) is -3.60. The van der Waals surface area contributed by atoms with Gasteiger partial charge in [0.05, 0.1) is 4.90 Å². The van der Waals surface area contributed by atoms with Crippen molar-refractivity contribution < 1.29 is 13.2 Å². The highest BCUT2D eigenvalue weighted by molar-refractivity contribution is 7.90. The molecule has 1 fully saturated rings.